The van der Waals surface area contributed by atoms with Crippen LogP contribution < -0.4 is 10.5 Å². The average Bonchev–Trinajstić information content (AvgIpc) is 2.37. The first-order valence-corrected chi connectivity index (χ1v) is 5.97. The second kappa shape index (κ2) is 8.51. The minimum absolute atomic E-state index is 0.217. The zero-order chi connectivity index (χ0) is 13.2. The number of benzene rings is 1. The van der Waals surface area contributed by atoms with E-state index in [1.807, 2.05) is 6.92 Å². The summed E-state index contributed by atoms with van der Waals surface area (Å²) in [6.07, 6.45) is 0.782. The molecule has 1 aromatic rings. The molecule has 0 spiro atoms. The fourth-order valence-electron chi connectivity index (χ4n) is 1.33. The first-order chi connectivity index (χ1) is 8.77. The molecule has 1 aromatic carbocycles. The van der Waals surface area contributed by atoms with Gasteiger partial charge in [-0.1, -0.05) is 11.8 Å². The van der Waals surface area contributed by atoms with Crippen molar-refractivity contribution in [1.29, 1.82) is 0 Å². The van der Waals surface area contributed by atoms with E-state index in [-0.39, 0.29) is 6.54 Å². The minimum Gasteiger partial charge on any atom is -0.493 e. The molecule has 0 aliphatic rings. The SMILES string of the molecule is CCOCCCOc1ccc(C#CCN)c(F)c1. The Kier molecular flexibility index (Phi) is 6.85. The second-order valence-electron chi connectivity index (χ2n) is 3.55. The van der Waals surface area contributed by atoms with E-state index in [4.69, 9.17) is 15.2 Å². The monoisotopic (exact) mass is 251 g/mol. The molecule has 0 saturated carbocycles. The van der Waals surface area contributed by atoms with Crippen molar-refractivity contribution in [2.24, 2.45) is 5.73 Å². The lowest BCUT2D eigenvalue weighted by molar-refractivity contribution is 0.131. The molecule has 98 valence electrons. The van der Waals surface area contributed by atoms with E-state index in [1.54, 1.807) is 12.1 Å². The van der Waals surface area contributed by atoms with Crippen LogP contribution in [-0.2, 0) is 4.74 Å². The van der Waals surface area contributed by atoms with Gasteiger partial charge in [0, 0.05) is 25.7 Å². The smallest absolute Gasteiger partial charge is 0.142 e. The van der Waals surface area contributed by atoms with Crippen LogP contribution in [0.15, 0.2) is 18.2 Å². The zero-order valence-electron chi connectivity index (χ0n) is 10.5. The molecule has 0 radical (unpaired) electrons. The van der Waals surface area contributed by atoms with Gasteiger partial charge < -0.3 is 15.2 Å². The standard InChI is InChI=1S/C14H18FNO2/c1-2-17-9-4-10-18-13-7-6-12(5-3-8-16)14(15)11-13/h6-7,11H,2,4,8-10,16H2,1H3. The molecule has 3 nitrogen and oxygen atoms in total. The Bertz CT molecular complexity index is 424. The largest absolute Gasteiger partial charge is 0.493 e. The molecule has 1 rings (SSSR count). The Balaban J connectivity index is 2.46. The molecule has 2 N–H and O–H groups in total. The van der Waals surface area contributed by atoms with Crippen LogP contribution in [0.1, 0.15) is 18.9 Å². The van der Waals surface area contributed by atoms with E-state index < -0.39 is 5.82 Å². The van der Waals surface area contributed by atoms with Gasteiger partial charge in [0.2, 0.25) is 0 Å². The highest BCUT2D eigenvalue weighted by Crippen LogP contribution is 2.16. The van der Waals surface area contributed by atoms with Crippen molar-refractivity contribution in [3.63, 3.8) is 0 Å². The van der Waals surface area contributed by atoms with Gasteiger partial charge in [-0.05, 0) is 19.1 Å². The van der Waals surface area contributed by atoms with Gasteiger partial charge in [-0.2, -0.15) is 0 Å². The van der Waals surface area contributed by atoms with Gasteiger partial charge in [0.1, 0.15) is 11.6 Å². The van der Waals surface area contributed by atoms with E-state index in [9.17, 15) is 4.39 Å². The van der Waals surface area contributed by atoms with E-state index in [0.717, 1.165) is 6.42 Å². The van der Waals surface area contributed by atoms with Crippen LogP contribution >= 0.6 is 0 Å². The molecule has 0 saturated heterocycles. The van der Waals surface area contributed by atoms with Crippen LogP contribution in [0.2, 0.25) is 0 Å². The summed E-state index contributed by atoms with van der Waals surface area (Å²) in [5.74, 6) is 5.38. The van der Waals surface area contributed by atoms with E-state index >= 15 is 0 Å². The summed E-state index contributed by atoms with van der Waals surface area (Å²) < 4.78 is 24.1. The number of nitrogens with two attached hydrogens (primary N) is 1. The van der Waals surface area contributed by atoms with Crippen LogP contribution in [0, 0.1) is 17.7 Å². The number of hydrogen-bond acceptors (Lipinski definition) is 3. The van der Waals surface area contributed by atoms with Gasteiger partial charge in [-0.15, -0.1) is 0 Å². The average molecular weight is 251 g/mol. The van der Waals surface area contributed by atoms with Gasteiger partial charge in [-0.25, -0.2) is 4.39 Å². The lowest BCUT2D eigenvalue weighted by Crippen LogP contribution is -2.03. The number of hydrogen-bond donors (Lipinski definition) is 1. The van der Waals surface area contributed by atoms with Crippen LogP contribution in [0.5, 0.6) is 5.75 Å². The predicted molar refractivity (Wildman–Crippen MR) is 68.9 cm³/mol. The third kappa shape index (κ3) is 5.17. The third-order valence-corrected chi connectivity index (χ3v) is 2.17. The number of rotatable bonds is 6. The Morgan fingerprint density at radius 3 is 2.83 bits per heavy atom. The molecule has 18 heavy (non-hydrogen) atoms. The molecular weight excluding hydrogens is 233 g/mol. The fourth-order valence-corrected chi connectivity index (χ4v) is 1.33. The predicted octanol–water partition coefficient (Wildman–Crippen LogP) is 1.94. The van der Waals surface area contributed by atoms with Gasteiger partial charge >= 0.3 is 0 Å². The molecule has 0 aromatic heterocycles. The van der Waals surface area contributed by atoms with Crippen molar-refractivity contribution in [3.05, 3.63) is 29.6 Å². The van der Waals surface area contributed by atoms with Gasteiger partial charge in [0.25, 0.3) is 0 Å². The molecule has 0 fully saturated rings. The number of ether oxygens (including phenoxy) is 2. The van der Waals surface area contributed by atoms with Crippen LogP contribution in [0.4, 0.5) is 4.39 Å². The molecule has 0 bridgehead atoms. The molecule has 0 unspecified atom stereocenters. The maximum absolute atomic E-state index is 13.6. The zero-order valence-corrected chi connectivity index (χ0v) is 10.5. The van der Waals surface area contributed by atoms with Crippen molar-refractivity contribution in [3.8, 4) is 17.6 Å². The fraction of sp³-hybridized carbons (Fsp3) is 0.429. The van der Waals surface area contributed by atoms with Crippen molar-refractivity contribution in [2.75, 3.05) is 26.4 Å². The maximum Gasteiger partial charge on any atom is 0.142 e. The Labute approximate surface area is 107 Å². The Hall–Kier alpha value is -1.57. The molecule has 0 atom stereocenters. The van der Waals surface area contributed by atoms with E-state index in [1.165, 1.54) is 6.07 Å². The van der Waals surface area contributed by atoms with Crippen molar-refractivity contribution >= 4 is 0 Å². The van der Waals surface area contributed by atoms with Crippen molar-refractivity contribution in [2.45, 2.75) is 13.3 Å². The summed E-state index contributed by atoms with van der Waals surface area (Å²) in [6, 6.07) is 4.63. The molecule has 0 heterocycles. The van der Waals surface area contributed by atoms with Crippen LogP contribution in [0.3, 0.4) is 0 Å². The quantitative estimate of drug-likeness (QED) is 0.620. The molecule has 0 amide bonds. The summed E-state index contributed by atoms with van der Waals surface area (Å²) in [6.45, 7) is 4.02. The molecule has 0 aliphatic carbocycles. The van der Waals surface area contributed by atoms with Crippen LogP contribution in [0.25, 0.3) is 0 Å². The topological polar surface area (TPSA) is 44.5 Å². The van der Waals surface area contributed by atoms with Crippen molar-refractivity contribution < 1.29 is 13.9 Å². The summed E-state index contributed by atoms with van der Waals surface area (Å²) >= 11 is 0. The summed E-state index contributed by atoms with van der Waals surface area (Å²) in [5.41, 5.74) is 5.56. The van der Waals surface area contributed by atoms with Gasteiger partial charge in [0.05, 0.1) is 18.7 Å². The minimum atomic E-state index is -0.391. The normalized spacial score (nSPS) is 9.72. The molecule has 4 heteroatoms. The van der Waals surface area contributed by atoms with Gasteiger partial charge in [0.15, 0.2) is 0 Å². The molecule has 0 aliphatic heterocycles. The first-order valence-electron chi connectivity index (χ1n) is 5.97. The summed E-state index contributed by atoms with van der Waals surface area (Å²) in [5, 5.41) is 0. The number of halogens is 1. The van der Waals surface area contributed by atoms with Gasteiger partial charge in [-0.3, -0.25) is 0 Å². The molecular formula is C14H18FNO2. The highest BCUT2D eigenvalue weighted by atomic mass is 19.1. The highest BCUT2D eigenvalue weighted by Gasteiger charge is 2.02. The maximum atomic E-state index is 13.6. The Morgan fingerprint density at radius 2 is 2.17 bits per heavy atom. The summed E-state index contributed by atoms with van der Waals surface area (Å²) in [7, 11) is 0. The van der Waals surface area contributed by atoms with E-state index in [2.05, 4.69) is 11.8 Å². The lowest BCUT2D eigenvalue weighted by atomic mass is 10.2. The van der Waals surface area contributed by atoms with E-state index in [0.29, 0.717) is 31.1 Å². The van der Waals surface area contributed by atoms with Crippen LogP contribution in [-0.4, -0.2) is 26.4 Å². The van der Waals surface area contributed by atoms with Crippen molar-refractivity contribution in [1.82, 2.24) is 0 Å². The first kappa shape index (κ1) is 14.5. The second-order valence-corrected chi connectivity index (χ2v) is 3.55. The third-order valence-electron chi connectivity index (χ3n) is 2.17. The highest BCUT2D eigenvalue weighted by molar-refractivity contribution is 5.39. The summed E-state index contributed by atoms with van der Waals surface area (Å²) in [4.78, 5) is 0. The Morgan fingerprint density at radius 1 is 1.33 bits per heavy atom. The lowest BCUT2D eigenvalue weighted by Gasteiger charge is -2.06.